The SMILES string of the molecule is C=C1C(I)=CC=C(c2ccc(OCCCOC)cc2)N1CC(F)F. The second-order valence-corrected chi connectivity index (χ2v) is 6.40. The van der Waals surface area contributed by atoms with Crippen LogP contribution < -0.4 is 4.74 Å². The number of hydrogen-bond acceptors (Lipinski definition) is 3. The third-order valence-corrected chi connectivity index (χ3v) is 4.49. The van der Waals surface area contributed by atoms with E-state index in [-0.39, 0.29) is 6.54 Å². The summed E-state index contributed by atoms with van der Waals surface area (Å²) in [6.07, 6.45) is 2.10. The van der Waals surface area contributed by atoms with Crippen LogP contribution in [0.3, 0.4) is 0 Å². The van der Waals surface area contributed by atoms with Crippen LogP contribution in [0.2, 0.25) is 0 Å². The maximum absolute atomic E-state index is 12.9. The number of ether oxygens (including phenoxy) is 2. The molecule has 0 amide bonds. The molecule has 1 aliphatic rings. The average molecular weight is 447 g/mol. The van der Waals surface area contributed by atoms with Gasteiger partial charge in [0.25, 0.3) is 6.43 Å². The molecule has 1 aromatic rings. The molecular formula is C18H20F2INO2. The number of nitrogens with zero attached hydrogens (tertiary/aromatic N) is 1. The minimum atomic E-state index is -2.43. The lowest BCUT2D eigenvalue weighted by Gasteiger charge is -2.31. The van der Waals surface area contributed by atoms with Gasteiger partial charge in [-0.05, 0) is 64.6 Å². The normalized spacial score (nSPS) is 14.7. The third-order valence-electron chi connectivity index (χ3n) is 3.51. The standard InChI is InChI=1S/C18H20F2INO2/c1-13-16(21)8-9-17(22(13)12-18(19)20)14-4-6-15(7-5-14)24-11-3-10-23-2/h4-9,18H,1,3,10-12H2,2H3. The van der Waals surface area contributed by atoms with Gasteiger partial charge in [0, 0.05) is 35.1 Å². The molecule has 0 aromatic heterocycles. The van der Waals surface area contributed by atoms with E-state index in [0.717, 1.165) is 21.3 Å². The predicted octanol–water partition coefficient (Wildman–Crippen LogP) is 4.86. The van der Waals surface area contributed by atoms with Crippen molar-refractivity contribution in [3.8, 4) is 5.75 Å². The van der Waals surface area contributed by atoms with Gasteiger partial charge in [0.1, 0.15) is 5.75 Å². The van der Waals surface area contributed by atoms with Gasteiger partial charge in [-0.1, -0.05) is 6.58 Å². The molecule has 2 rings (SSSR count). The number of methoxy groups -OCH3 is 1. The molecule has 0 fully saturated rings. The topological polar surface area (TPSA) is 21.7 Å². The zero-order valence-electron chi connectivity index (χ0n) is 13.5. The Morgan fingerprint density at radius 1 is 1.17 bits per heavy atom. The summed E-state index contributed by atoms with van der Waals surface area (Å²) in [4.78, 5) is 1.56. The average Bonchev–Trinajstić information content (AvgIpc) is 2.56. The number of rotatable bonds is 8. The smallest absolute Gasteiger partial charge is 0.256 e. The van der Waals surface area contributed by atoms with E-state index in [1.54, 1.807) is 12.0 Å². The molecule has 0 radical (unpaired) electrons. The van der Waals surface area contributed by atoms with E-state index in [1.807, 2.05) is 36.4 Å². The molecule has 0 spiro atoms. The van der Waals surface area contributed by atoms with Crippen LogP contribution in [0.1, 0.15) is 12.0 Å². The van der Waals surface area contributed by atoms with Gasteiger partial charge in [0.15, 0.2) is 0 Å². The summed E-state index contributed by atoms with van der Waals surface area (Å²) in [7, 11) is 1.65. The number of allylic oxidation sites excluding steroid dienone is 3. The summed E-state index contributed by atoms with van der Waals surface area (Å²) in [5, 5.41) is 0. The lowest BCUT2D eigenvalue weighted by molar-refractivity contribution is 0.123. The minimum Gasteiger partial charge on any atom is -0.494 e. The lowest BCUT2D eigenvalue weighted by Crippen LogP contribution is -2.28. The van der Waals surface area contributed by atoms with Crippen LogP contribution in [0, 0.1) is 0 Å². The largest absolute Gasteiger partial charge is 0.494 e. The highest BCUT2D eigenvalue weighted by atomic mass is 127. The molecule has 0 saturated carbocycles. The summed E-state index contributed by atoms with van der Waals surface area (Å²) in [5.74, 6) is 0.746. The first-order valence-electron chi connectivity index (χ1n) is 7.57. The van der Waals surface area contributed by atoms with Crippen molar-refractivity contribution in [2.24, 2.45) is 0 Å². The van der Waals surface area contributed by atoms with Gasteiger partial charge in [0.2, 0.25) is 0 Å². The highest BCUT2D eigenvalue weighted by Crippen LogP contribution is 2.34. The molecule has 6 heteroatoms. The maximum atomic E-state index is 12.9. The molecule has 0 bridgehead atoms. The highest BCUT2D eigenvalue weighted by Gasteiger charge is 2.22. The molecule has 0 N–H and O–H groups in total. The number of benzene rings is 1. The van der Waals surface area contributed by atoms with Crippen LogP contribution in [0.5, 0.6) is 5.75 Å². The molecule has 1 aromatic carbocycles. The van der Waals surface area contributed by atoms with Gasteiger partial charge in [-0.2, -0.15) is 0 Å². The first-order chi connectivity index (χ1) is 11.5. The van der Waals surface area contributed by atoms with Crippen LogP contribution in [0.15, 0.2) is 52.3 Å². The first kappa shape index (κ1) is 18.9. The van der Waals surface area contributed by atoms with Gasteiger partial charge >= 0.3 is 0 Å². The second kappa shape index (κ2) is 9.17. The van der Waals surface area contributed by atoms with Crippen LogP contribution in [0.25, 0.3) is 5.70 Å². The van der Waals surface area contributed by atoms with E-state index >= 15 is 0 Å². The van der Waals surface area contributed by atoms with Crippen molar-refractivity contribution < 1.29 is 18.3 Å². The van der Waals surface area contributed by atoms with Crippen molar-refractivity contribution in [3.63, 3.8) is 0 Å². The minimum absolute atomic E-state index is 0.375. The Bertz CT molecular complexity index is 626. The van der Waals surface area contributed by atoms with Gasteiger partial charge in [0.05, 0.1) is 13.2 Å². The Kier molecular flexibility index (Phi) is 7.23. The van der Waals surface area contributed by atoms with Crippen LogP contribution in [-0.2, 0) is 4.74 Å². The Morgan fingerprint density at radius 2 is 1.88 bits per heavy atom. The summed E-state index contributed by atoms with van der Waals surface area (Å²) < 4.78 is 37.3. The summed E-state index contributed by atoms with van der Waals surface area (Å²) >= 11 is 2.10. The molecule has 3 nitrogen and oxygen atoms in total. The second-order valence-electron chi connectivity index (χ2n) is 5.23. The molecule has 1 heterocycles. The maximum Gasteiger partial charge on any atom is 0.256 e. The number of hydrogen-bond donors (Lipinski definition) is 0. The molecule has 0 aliphatic carbocycles. The molecule has 0 unspecified atom stereocenters. The first-order valence-corrected chi connectivity index (χ1v) is 8.65. The summed E-state index contributed by atoms with van der Waals surface area (Å²) in [6.45, 7) is 4.77. The Labute approximate surface area is 154 Å². The van der Waals surface area contributed by atoms with Crippen molar-refractivity contribution in [2.45, 2.75) is 12.8 Å². The van der Waals surface area contributed by atoms with Gasteiger partial charge < -0.3 is 14.4 Å². The van der Waals surface area contributed by atoms with Crippen molar-refractivity contribution in [1.82, 2.24) is 4.90 Å². The molecule has 0 saturated heterocycles. The van der Waals surface area contributed by atoms with E-state index < -0.39 is 6.43 Å². The van der Waals surface area contributed by atoms with Crippen molar-refractivity contribution in [2.75, 3.05) is 26.9 Å². The van der Waals surface area contributed by atoms with Gasteiger partial charge in [-0.25, -0.2) is 8.78 Å². The monoisotopic (exact) mass is 447 g/mol. The molecule has 130 valence electrons. The Balaban J connectivity index is 2.12. The van der Waals surface area contributed by atoms with Gasteiger partial charge in [-0.15, -0.1) is 0 Å². The molecule has 0 atom stereocenters. The van der Waals surface area contributed by atoms with E-state index in [9.17, 15) is 8.78 Å². The van der Waals surface area contributed by atoms with E-state index in [1.165, 1.54) is 0 Å². The van der Waals surface area contributed by atoms with Crippen molar-refractivity contribution in [1.29, 1.82) is 0 Å². The van der Waals surface area contributed by atoms with E-state index in [0.29, 0.717) is 24.6 Å². The predicted molar refractivity (Wildman–Crippen MR) is 100 cm³/mol. The lowest BCUT2D eigenvalue weighted by atomic mass is 10.1. The Hall–Kier alpha value is -1.41. The van der Waals surface area contributed by atoms with E-state index in [2.05, 4.69) is 29.2 Å². The molecule has 24 heavy (non-hydrogen) atoms. The summed E-state index contributed by atoms with van der Waals surface area (Å²) in [5.41, 5.74) is 2.15. The fourth-order valence-corrected chi connectivity index (χ4v) is 2.80. The van der Waals surface area contributed by atoms with Crippen molar-refractivity contribution >= 4 is 28.3 Å². The van der Waals surface area contributed by atoms with Gasteiger partial charge in [-0.3, -0.25) is 0 Å². The molecular weight excluding hydrogens is 427 g/mol. The number of halogens is 3. The fourth-order valence-electron chi connectivity index (χ4n) is 2.33. The Morgan fingerprint density at radius 3 is 2.50 bits per heavy atom. The van der Waals surface area contributed by atoms with E-state index in [4.69, 9.17) is 9.47 Å². The summed E-state index contributed by atoms with van der Waals surface area (Å²) in [6, 6.07) is 7.43. The fraction of sp³-hybridized carbons (Fsp3) is 0.333. The van der Waals surface area contributed by atoms with Crippen LogP contribution in [0.4, 0.5) is 8.78 Å². The zero-order valence-corrected chi connectivity index (χ0v) is 15.6. The zero-order chi connectivity index (χ0) is 17.5. The van der Waals surface area contributed by atoms with Crippen molar-refractivity contribution in [3.05, 3.63) is 57.8 Å². The van der Waals surface area contributed by atoms with Crippen LogP contribution in [-0.4, -0.2) is 38.2 Å². The number of alkyl halides is 2. The highest BCUT2D eigenvalue weighted by molar-refractivity contribution is 14.1. The molecule has 1 aliphatic heterocycles. The third kappa shape index (κ3) is 5.04. The van der Waals surface area contributed by atoms with Crippen LogP contribution >= 0.6 is 22.6 Å². The quantitative estimate of drug-likeness (QED) is 0.420.